The zero-order valence-corrected chi connectivity index (χ0v) is 14.1. The number of hydrogen-bond donors (Lipinski definition) is 2. The second-order valence-electron chi connectivity index (χ2n) is 6.37. The minimum absolute atomic E-state index is 0.0145. The molecular weight excluding hydrogens is 330 g/mol. The SMILES string of the molecule is O=C(N[C@@H]1CN(c2ncccn2)C[C@H]1CO)c1ccc2ccccc2n1. The van der Waals surface area contributed by atoms with E-state index in [4.69, 9.17) is 0 Å². The first-order valence-electron chi connectivity index (χ1n) is 8.54. The Labute approximate surface area is 150 Å². The maximum absolute atomic E-state index is 12.6. The molecule has 1 aliphatic rings. The molecule has 132 valence electrons. The molecule has 4 rings (SSSR count). The van der Waals surface area contributed by atoms with E-state index in [-0.39, 0.29) is 24.5 Å². The molecular formula is C19H19N5O2. The highest BCUT2D eigenvalue weighted by atomic mass is 16.3. The van der Waals surface area contributed by atoms with E-state index >= 15 is 0 Å². The number of aromatic nitrogens is 3. The first-order chi connectivity index (χ1) is 12.7. The predicted octanol–water partition coefficient (Wildman–Crippen LogP) is 1.25. The lowest BCUT2D eigenvalue weighted by Crippen LogP contribution is -2.42. The van der Waals surface area contributed by atoms with Gasteiger partial charge in [-0.05, 0) is 18.2 Å². The topological polar surface area (TPSA) is 91.2 Å². The molecule has 0 bridgehead atoms. The lowest BCUT2D eigenvalue weighted by Gasteiger charge is -2.17. The quantitative estimate of drug-likeness (QED) is 0.737. The molecule has 0 saturated carbocycles. The zero-order valence-electron chi connectivity index (χ0n) is 14.1. The highest BCUT2D eigenvalue weighted by molar-refractivity contribution is 5.95. The molecule has 7 nitrogen and oxygen atoms in total. The van der Waals surface area contributed by atoms with E-state index in [1.807, 2.05) is 35.2 Å². The highest BCUT2D eigenvalue weighted by Gasteiger charge is 2.34. The number of fused-ring (bicyclic) bond motifs is 1. The Bertz CT molecular complexity index is 918. The summed E-state index contributed by atoms with van der Waals surface area (Å²) in [6.07, 6.45) is 3.36. The van der Waals surface area contributed by atoms with Gasteiger partial charge in [0.15, 0.2) is 0 Å². The average molecular weight is 349 g/mol. The Morgan fingerprint density at radius 3 is 2.73 bits per heavy atom. The fourth-order valence-electron chi connectivity index (χ4n) is 3.27. The van der Waals surface area contributed by atoms with Gasteiger partial charge in [-0.15, -0.1) is 0 Å². The third kappa shape index (κ3) is 3.21. The fourth-order valence-corrected chi connectivity index (χ4v) is 3.27. The molecule has 0 radical (unpaired) electrons. The van der Waals surface area contributed by atoms with Crippen LogP contribution in [0.5, 0.6) is 0 Å². The van der Waals surface area contributed by atoms with Crippen molar-refractivity contribution in [3.8, 4) is 0 Å². The number of para-hydroxylation sites is 1. The van der Waals surface area contributed by atoms with Gasteiger partial charge in [0.2, 0.25) is 5.95 Å². The molecule has 1 amide bonds. The Morgan fingerprint density at radius 1 is 1.12 bits per heavy atom. The van der Waals surface area contributed by atoms with Crippen molar-refractivity contribution in [1.82, 2.24) is 20.3 Å². The Morgan fingerprint density at radius 2 is 1.92 bits per heavy atom. The summed E-state index contributed by atoms with van der Waals surface area (Å²) in [5.74, 6) is 0.282. The third-order valence-electron chi connectivity index (χ3n) is 4.66. The van der Waals surface area contributed by atoms with E-state index in [9.17, 15) is 9.90 Å². The summed E-state index contributed by atoms with van der Waals surface area (Å²) < 4.78 is 0. The standard InChI is InChI=1S/C19H19N5O2/c25-12-14-10-24(19-20-8-3-9-21-19)11-17(14)23-18(26)16-7-6-13-4-1-2-5-15(13)22-16/h1-9,14,17,25H,10-12H2,(H,23,26)/t14-,17+/m0/s1. The van der Waals surface area contributed by atoms with Gasteiger partial charge in [0.25, 0.3) is 5.91 Å². The van der Waals surface area contributed by atoms with Crippen LogP contribution in [0.4, 0.5) is 5.95 Å². The van der Waals surface area contributed by atoms with Crippen molar-refractivity contribution in [2.45, 2.75) is 6.04 Å². The second kappa shape index (κ2) is 7.05. The number of nitrogens with one attached hydrogen (secondary N) is 1. The summed E-state index contributed by atoms with van der Waals surface area (Å²) in [7, 11) is 0. The number of carbonyl (C=O) groups excluding carboxylic acids is 1. The number of hydrogen-bond acceptors (Lipinski definition) is 6. The smallest absolute Gasteiger partial charge is 0.270 e. The van der Waals surface area contributed by atoms with Crippen molar-refractivity contribution in [2.24, 2.45) is 5.92 Å². The van der Waals surface area contributed by atoms with Gasteiger partial charge in [0.05, 0.1) is 11.6 Å². The molecule has 1 fully saturated rings. The maximum atomic E-state index is 12.6. The number of aliphatic hydroxyl groups excluding tert-OH is 1. The summed E-state index contributed by atoms with van der Waals surface area (Å²) in [5, 5.41) is 13.7. The van der Waals surface area contributed by atoms with Crippen LogP contribution in [0, 0.1) is 5.92 Å². The summed E-state index contributed by atoms with van der Waals surface area (Å²) >= 11 is 0. The molecule has 0 aliphatic carbocycles. The van der Waals surface area contributed by atoms with Crippen LogP contribution >= 0.6 is 0 Å². The third-order valence-corrected chi connectivity index (χ3v) is 4.66. The van der Waals surface area contributed by atoms with Crippen LogP contribution in [-0.4, -0.2) is 51.7 Å². The van der Waals surface area contributed by atoms with Crippen molar-refractivity contribution in [1.29, 1.82) is 0 Å². The predicted molar refractivity (Wildman–Crippen MR) is 97.8 cm³/mol. The van der Waals surface area contributed by atoms with Crippen molar-refractivity contribution >= 4 is 22.8 Å². The molecule has 0 unspecified atom stereocenters. The molecule has 2 aromatic heterocycles. The summed E-state index contributed by atoms with van der Waals surface area (Å²) in [6, 6.07) is 12.9. The number of pyridine rings is 1. The molecule has 26 heavy (non-hydrogen) atoms. The molecule has 1 aliphatic heterocycles. The van der Waals surface area contributed by atoms with Crippen LogP contribution in [0.1, 0.15) is 10.5 Å². The molecule has 3 heterocycles. The van der Waals surface area contributed by atoms with Crippen LogP contribution in [0.2, 0.25) is 0 Å². The summed E-state index contributed by atoms with van der Waals surface area (Å²) in [6.45, 7) is 1.13. The van der Waals surface area contributed by atoms with E-state index < -0.39 is 0 Å². The molecule has 2 N–H and O–H groups in total. The van der Waals surface area contributed by atoms with Gasteiger partial charge in [-0.25, -0.2) is 15.0 Å². The number of benzene rings is 1. The van der Waals surface area contributed by atoms with Gasteiger partial charge < -0.3 is 15.3 Å². The van der Waals surface area contributed by atoms with Gasteiger partial charge in [0.1, 0.15) is 5.69 Å². The van der Waals surface area contributed by atoms with Crippen molar-refractivity contribution < 1.29 is 9.90 Å². The minimum atomic E-state index is -0.241. The van der Waals surface area contributed by atoms with Crippen LogP contribution in [-0.2, 0) is 0 Å². The number of carbonyl (C=O) groups is 1. The van der Waals surface area contributed by atoms with Crippen molar-refractivity contribution in [3.63, 3.8) is 0 Å². The average Bonchev–Trinajstić information content (AvgIpc) is 3.11. The summed E-state index contributed by atoms with van der Waals surface area (Å²) in [5.41, 5.74) is 1.15. The van der Waals surface area contributed by atoms with E-state index in [1.165, 1.54) is 0 Å². The van der Waals surface area contributed by atoms with Gasteiger partial charge in [-0.2, -0.15) is 0 Å². The Balaban J connectivity index is 1.50. The number of amides is 1. The highest BCUT2D eigenvalue weighted by Crippen LogP contribution is 2.21. The Hall–Kier alpha value is -3.06. The molecule has 7 heteroatoms. The van der Waals surface area contributed by atoms with E-state index in [0.717, 1.165) is 10.9 Å². The van der Waals surface area contributed by atoms with Crippen molar-refractivity contribution in [2.75, 3.05) is 24.6 Å². The number of aliphatic hydroxyl groups is 1. The molecule has 1 saturated heterocycles. The van der Waals surface area contributed by atoms with Crippen molar-refractivity contribution in [3.05, 3.63) is 60.6 Å². The largest absolute Gasteiger partial charge is 0.396 e. The minimum Gasteiger partial charge on any atom is -0.396 e. The first kappa shape index (κ1) is 16.4. The van der Waals surface area contributed by atoms with Gasteiger partial charge in [0, 0.05) is 43.4 Å². The zero-order chi connectivity index (χ0) is 17.9. The summed E-state index contributed by atoms with van der Waals surface area (Å²) in [4.78, 5) is 27.5. The normalized spacial score (nSPS) is 19.7. The first-order valence-corrected chi connectivity index (χ1v) is 8.54. The van der Waals surface area contributed by atoms with E-state index in [2.05, 4.69) is 20.3 Å². The number of anilines is 1. The van der Waals surface area contributed by atoms with Crippen LogP contribution in [0.15, 0.2) is 54.9 Å². The van der Waals surface area contributed by atoms with Crippen LogP contribution in [0.25, 0.3) is 10.9 Å². The van der Waals surface area contributed by atoms with E-state index in [1.54, 1.807) is 24.5 Å². The molecule has 0 spiro atoms. The molecule has 1 aromatic carbocycles. The van der Waals surface area contributed by atoms with E-state index in [0.29, 0.717) is 24.7 Å². The maximum Gasteiger partial charge on any atom is 0.270 e. The Kier molecular flexibility index (Phi) is 4.45. The molecule has 3 aromatic rings. The van der Waals surface area contributed by atoms with Gasteiger partial charge >= 0.3 is 0 Å². The fraction of sp³-hybridized carbons (Fsp3) is 0.263. The lowest BCUT2D eigenvalue weighted by atomic mass is 10.1. The van der Waals surface area contributed by atoms with Crippen LogP contribution in [0.3, 0.4) is 0 Å². The monoisotopic (exact) mass is 349 g/mol. The molecule has 2 atom stereocenters. The number of nitrogens with zero attached hydrogens (tertiary/aromatic N) is 4. The lowest BCUT2D eigenvalue weighted by molar-refractivity contribution is 0.0917. The van der Waals surface area contributed by atoms with Crippen LogP contribution < -0.4 is 10.2 Å². The second-order valence-corrected chi connectivity index (χ2v) is 6.37. The van der Waals surface area contributed by atoms with Gasteiger partial charge in [-0.3, -0.25) is 4.79 Å². The number of rotatable bonds is 4. The van der Waals surface area contributed by atoms with Gasteiger partial charge in [-0.1, -0.05) is 24.3 Å².